The highest BCUT2D eigenvalue weighted by molar-refractivity contribution is 5.94. The summed E-state index contributed by atoms with van der Waals surface area (Å²) < 4.78 is 4.19. The molecule has 2 rings (SSSR count). The van der Waals surface area contributed by atoms with Crippen molar-refractivity contribution in [3.8, 4) is 0 Å². The molecule has 0 aliphatic carbocycles. The Hall–Kier alpha value is -3.10. The number of hydrogen-bond donors (Lipinski definition) is 2. The van der Waals surface area contributed by atoms with Crippen LogP contribution in [0.25, 0.3) is 0 Å². The Morgan fingerprint density at radius 3 is 2.59 bits per heavy atom. The van der Waals surface area contributed by atoms with Gasteiger partial charge in [-0.2, -0.15) is 0 Å². The van der Waals surface area contributed by atoms with Gasteiger partial charge in [0.15, 0.2) is 0 Å². The van der Waals surface area contributed by atoms with E-state index < -0.39 is 23.5 Å². The first-order valence-electron chi connectivity index (χ1n) is 6.37. The van der Waals surface area contributed by atoms with Gasteiger partial charge in [0.1, 0.15) is 0 Å². The van der Waals surface area contributed by atoms with Gasteiger partial charge in [-0.15, -0.1) is 0 Å². The minimum Gasteiger partial charge on any atom is -0.550 e. The molecule has 1 heterocycles. The number of hydrogen-bond acceptors (Lipinski definition) is 7. The van der Waals surface area contributed by atoms with E-state index in [9.17, 15) is 19.9 Å². The molecule has 0 radical (unpaired) electrons. The number of nitrogens with zero attached hydrogens (tertiary/aromatic N) is 2. The SMILES string of the molecule is Nc1no[n+]([O-])c1C(=O)NC[C@H](CC(=O)[O-])c1ccccc1. The number of nitrogens with one attached hydrogen (secondary N) is 1. The van der Waals surface area contributed by atoms with Gasteiger partial charge < -0.3 is 26.2 Å². The van der Waals surface area contributed by atoms with E-state index in [1.54, 1.807) is 30.3 Å². The predicted octanol–water partition coefficient (Wildman–Crippen LogP) is -1.46. The molecule has 0 unspecified atom stereocenters. The highest BCUT2D eigenvalue weighted by Crippen LogP contribution is 2.18. The topological polar surface area (TPSA) is 148 Å². The van der Waals surface area contributed by atoms with Gasteiger partial charge in [0.25, 0.3) is 0 Å². The van der Waals surface area contributed by atoms with Crippen LogP contribution in [-0.2, 0) is 4.79 Å². The highest BCUT2D eigenvalue weighted by atomic mass is 16.8. The largest absolute Gasteiger partial charge is 0.550 e. The second-order valence-corrected chi connectivity index (χ2v) is 4.56. The Labute approximate surface area is 124 Å². The van der Waals surface area contributed by atoms with Gasteiger partial charge in [0.2, 0.25) is 0 Å². The van der Waals surface area contributed by atoms with E-state index in [1.165, 1.54) is 0 Å². The molecule has 1 amide bonds. The summed E-state index contributed by atoms with van der Waals surface area (Å²) in [5.74, 6) is -2.89. The molecule has 0 aliphatic rings. The number of aromatic nitrogens is 2. The van der Waals surface area contributed by atoms with Gasteiger partial charge in [-0.25, -0.2) is 0 Å². The van der Waals surface area contributed by atoms with Crippen molar-refractivity contribution in [3.63, 3.8) is 0 Å². The van der Waals surface area contributed by atoms with Crippen molar-refractivity contribution in [1.29, 1.82) is 0 Å². The first-order valence-corrected chi connectivity index (χ1v) is 6.37. The third kappa shape index (κ3) is 3.51. The van der Waals surface area contributed by atoms with Crippen LogP contribution in [0.15, 0.2) is 35.0 Å². The summed E-state index contributed by atoms with van der Waals surface area (Å²) in [6.07, 6.45) is -0.277. The molecule has 0 aliphatic heterocycles. The smallest absolute Gasteiger partial charge is 0.318 e. The Kier molecular flexibility index (Phi) is 4.57. The van der Waals surface area contributed by atoms with Crippen molar-refractivity contribution in [2.75, 3.05) is 12.3 Å². The molecule has 22 heavy (non-hydrogen) atoms. The summed E-state index contributed by atoms with van der Waals surface area (Å²) >= 11 is 0. The van der Waals surface area contributed by atoms with Crippen molar-refractivity contribution in [2.24, 2.45) is 0 Å². The lowest BCUT2D eigenvalue weighted by atomic mass is 9.95. The fourth-order valence-electron chi connectivity index (χ4n) is 1.99. The summed E-state index contributed by atoms with van der Waals surface area (Å²) in [6, 6.07) is 8.77. The molecule has 1 atom stereocenters. The van der Waals surface area contributed by atoms with Gasteiger partial charge in [0.05, 0.1) is 5.16 Å². The molecule has 0 saturated heterocycles. The number of rotatable bonds is 6. The maximum Gasteiger partial charge on any atom is 0.318 e. The minimum atomic E-state index is -1.24. The van der Waals surface area contributed by atoms with Crippen LogP contribution in [0.5, 0.6) is 0 Å². The van der Waals surface area contributed by atoms with Crippen molar-refractivity contribution in [3.05, 3.63) is 46.8 Å². The second kappa shape index (κ2) is 6.57. The van der Waals surface area contributed by atoms with Gasteiger partial charge in [0, 0.05) is 18.4 Å². The zero-order valence-electron chi connectivity index (χ0n) is 11.4. The molecule has 116 valence electrons. The van der Waals surface area contributed by atoms with Gasteiger partial charge >= 0.3 is 17.4 Å². The summed E-state index contributed by atoms with van der Waals surface area (Å²) in [4.78, 5) is 22.6. The Bertz CT molecular complexity index is 651. The van der Waals surface area contributed by atoms with E-state index in [0.717, 1.165) is 5.56 Å². The highest BCUT2D eigenvalue weighted by Gasteiger charge is 2.25. The molecular weight excluding hydrogens is 292 g/mol. The van der Waals surface area contributed by atoms with E-state index >= 15 is 0 Å². The number of benzene rings is 1. The molecule has 3 N–H and O–H groups in total. The van der Waals surface area contributed by atoms with Crippen LogP contribution in [0, 0.1) is 5.21 Å². The lowest BCUT2D eigenvalue weighted by Gasteiger charge is -2.18. The summed E-state index contributed by atoms with van der Waals surface area (Å²) in [7, 11) is 0. The van der Waals surface area contributed by atoms with E-state index in [4.69, 9.17) is 5.73 Å². The molecule has 0 fully saturated rings. The predicted molar refractivity (Wildman–Crippen MR) is 71.0 cm³/mol. The van der Waals surface area contributed by atoms with Crippen LogP contribution in [0.2, 0.25) is 0 Å². The molecule has 1 aromatic carbocycles. The molecule has 0 spiro atoms. The summed E-state index contributed by atoms with van der Waals surface area (Å²) in [6.45, 7) is -0.0125. The van der Waals surface area contributed by atoms with Crippen molar-refractivity contribution >= 4 is 17.7 Å². The minimum absolute atomic E-state index is 0.0125. The number of carboxylic acid groups (broad SMARTS) is 1. The van der Waals surface area contributed by atoms with Crippen LogP contribution in [0.3, 0.4) is 0 Å². The Morgan fingerprint density at radius 2 is 2.05 bits per heavy atom. The molecule has 9 heteroatoms. The van der Waals surface area contributed by atoms with E-state index in [2.05, 4.69) is 15.1 Å². The first-order chi connectivity index (χ1) is 10.5. The zero-order chi connectivity index (χ0) is 16.1. The zero-order valence-corrected chi connectivity index (χ0v) is 11.4. The maximum absolute atomic E-state index is 11.9. The van der Waals surface area contributed by atoms with E-state index in [-0.39, 0.29) is 23.7 Å². The fourth-order valence-corrected chi connectivity index (χ4v) is 1.99. The Morgan fingerprint density at radius 1 is 1.36 bits per heavy atom. The number of amides is 1. The van der Waals surface area contributed by atoms with Gasteiger partial charge in [-0.3, -0.25) is 9.42 Å². The van der Waals surface area contributed by atoms with Crippen LogP contribution in [-0.4, -0.2) is 23.6 Å². The quantitative estimate of drug-likeness (QED) is 0.620. The van der Waals surface area contributed by atoms with Crippen LogP contribution < -0.4 is 21.1 Å². The number of nitrogens with two attached hydrogens (primary N) is 1. The number of nitrogen functional groups attached to an aromatic ring is 1. The third-order valence-electron chi connectivity index (χ3n) is 3.05. The van der Waals surface area contributed by atoms with Crippen LogP contribution in [0.1, 0.15) is 28.4 Å². The van der Waals surface area contributed by atoms with E-state index in [0.29, 0.717) is 0 Å². The van der Waals surface area contributed by atoms with Crippen LogP contribution >= 0.6 is 0 Å². The number of carboxylic acids is 1. The molecule has 2 aromatic rings. The standard InChI is InChI=1S/C13H14N4O5/c14-12-11(17(21)22-16-12)13(20)15-7-9(6-10(18)19)8-4-2-1-3-5-8/h1-5,9H,6-7H2,(H2,14,16)(H,15,20)(H,18,19)/p-1/t9-/m0/s1. The monoisotopic (exact) mass is 305 g/mol. The third-order valence-corrected chi connectivity index (χ3v) is 3.05. The molecule has 9 nitrogen and oxygen atoms in total. The maximum atomic E-state index is 11.9. The average molecular weight is 305 g/mol. The Balaban J connectivity index is 2.09. The van der Waals surface area contributed by atoms with Crippen LogP contribution in [0.4, 0.5) is 5.82 Å². The first kappa shape index (κ1) is 15.3. The average Bonchev–Trinajstić information content (AvgIpc) is 2.83. The fraction of sp³-hybridized carbons (Fsp3) is 0.231. The van der Waals surface area contributed by atoms with Crippen molar-refractivity contribution in [1.82, 2.24) is 10.5 Å². The summed E-state index contributed by atoms with van der Waals surface area (Å²) in [5, 5.41) is 27.7. The molecule has 0 saturated carbocycles. The van der Waals surface area contributed by atoms with Gasteiger partial charge in [-0.1, -0.05) is 30.3 Å². The number of aliphatic carboxylic acids is 1. The van der Waals surface area contributed by atoms with Crippen molar-refractivity contribution < 1.29 is 24.2 Å². The lowest BCUT2D eigenvalue weighted by Crippen LogP contribution is -2.39. The number of carbonyl (C=O) groups is 2. The normalized spacial score (nSPS) is 11.8. The second-order valence-electron chi connectivity index (χ2n) is 4.56. The van der Waals surface area contributed by atoms with Gasteiger partial charge in [-0.05, 0) is 16.9 Å². The number of carbonyl (C=O) groups excluding carboxylic acids is 2. The molecular formula is C13H13N4O5-. The van der Waals surface area contributed by atoms with Crippen molar-refractivity contribution in [2.45, 2.75) is 12.3 Å². The number of anilines is 1. The molecule has 1 aromatic heterocycles. The summed E-state index contributed by atoms with van der Waals surface area (Å²) in [5.41, 5.74) is 5.60. The molecule has 0 bridgehead atoms. The lowest BCUT2D eigenvalue weighted by molar-refractivity contribution is -0.803. The van der Waals surface area contributed by atoms with E-state index in [1.807, 2.05) is 0 Å².